The Labute approximate surface area is 85.2 Å². The van der Waals surface area contributed by atoms with E-state index < -0.39 is 0 Å². The largest absolute Gasteiger partial charge is 0.394 e. The van der Waals surface area contributed by atoms with Crippen LogP contribution in [0.4, 0.5) is 0 Å². The van der Waals surface area contributed by atoms with Crippen molar-refractivity contribution < 1.29 is 5.11 Å². The average molecular weight is 202 g/mol. The average Bonchev–Trinajstić information content (AvgIpc) is 2.08. The number of hydrogen-bond acceptors (Lipinski definition) is 2. The van der Waals surface area contributed by atoms with Crippen molar-refractivity contribution in [2.75, 3.05) is 6.61 Å². The highest BCUT2D eigenvalue weighted by atomic mass is 35.5. The summed E-state index contributed by atoms with van der Waals surface area (Å²) in [7, 11) is 0. The molecule has 1 aromatic rings. The van der Waals surface area contributed by atoms with Crippen molar-refractivity contribution in [1.29, 1.82) is 0 Å². The van der Waals surface area contributed by atoms with Crippen LogP contribution < -0.4 is 5.73 Å². The van der Waals surface area contributed by atoms with E-state index in [4.69, 9.17) is 10.8 Å². The third-order valence-corrected chi connectivity index (χ3v) is 2.03. The number of halogens is 1. The van der Waals surface area contributed by atoms with Gasteiger partial charge in [-0.25, -0.2) is 0 Å². The fraction of sp³-hybridized carbons (Fsp3) is 0.400. The Bertz CT molecular complexity index is 276. The summed E-state index contributed by atoms with van der Waals surface area (Å²) in [4.78, 5) is 0. The first-order valence-corrected chi connectivity index (χ1v) is 4.08. The highest BCUT2D eigenvalue weighted by Crippen LogP contribution is 2.16. The fourth-order valence-corrected chi connectivity index (χ4v) is 1.26. The molecular weight excluding hydrogens is 186 g/mol. The molecule has 3 N–H and O–H groups in total. The number of rotatable bonds is 2. The summed E-state index contributed by atoms with van der Waals surface area (Å²) in [5.74, 6) is 0. The van der Waals surface area contributed by atoms with Crippen LogP contribution in [0.25, 0.3) is 0 Å². The van der Waals surface area contributed by atoms with Crippen molar-refractivity contribution in [2.24, 2.45) is 5.73 Å². The lowest BCUT2D eigenvalue weighted by Crippen LogP contribution is -2.15. The molecule has 3 heteroatoms. The summed E-state index contributed by atoms with van der Waals surface area (Å²) >= 11 is 0. The smallest absolute Gasteiger partial charge is 0.0624 e. The lowest BCUT2D eigenvalue weighted by atomic mass is 10.0. The van der Waals surface area contributed by atoms with E-state index >= 15 is 0 Å². The van der Waals surface area contributed by atoms with Crippen LogP contribution in [0.5, 0.6) is 0 Å². The first kappa shape index (κ1) is 12.4. The SMILES string of the molecule is Cc1ccc(C)c([C@H](N)CO)c1.Cl. The number of aliphatic hydroxyl groups is 1. The lowest BCUT2D eigenvalue weighted by Gasteiger charge is -2.12. The summed E-state index contributed by atoms with van der Waals surface area (Å²) in [5, 5.41) is 8.88. The Hall–Kier alpha value is -0.570. The van der Waals surface area contributed by atoms with Crippen molar-refractivity contribution >= 4 is 12.4 Å². The van der Waals surface area contributed by atoms with Crippen molar-refractivity contribution in [3.8, 4) is 0 Å². The number of nitrogens with two attached hydrogens (primary N) is 1. The third-order valence-electron chi connectivity index (χ3n) is 2.03. The standard InChI is InChI=1S/C10H15NO.ClH/c1-7-3-4-8(2)9(5-7)10(11)6-12;/h3-5,10,12H,6,11H2,1-2H3;1H/t10-;/m1./s1. The minimum Gasteiger partial charge on any atom is -0.394 e. The molecule has 1 aromatic carbocycles. The minimum atomic E-state index is -0.245. The number of aryl methyl sites for hydroxylation is 2. The lowest BCUT2D eigenvalue weighted by molar-refractivity contribution is 0.267. The van der Waals surface area contributed by atoms with Crippen LogP contribution in [0.15, 0.2) is 18.2 Å². The quantitative estimate of drug-likeness (QED) is 0.766. The van der Waals surface area contributed by atoms with Gasteiger partial charge in [-0.05, 0) is 25.0 Å². The van der Waals surface area contributed by atoms with Gasteiger partial charge < -0.3 is 10.8 Å². The van der Waals surface area contributed by atoms with Crippen LogP contribution in [-0.2, 0) is 0 Å². The summed E-state index contributed by atoms with van der Waals surface area (Å²) in [6.07, 6.45) is 0. The predicted molar refractivity (Wildman–Crippen MR) is 57.2 cm³/mol. The number of aliphatic hydroxyl groups excluding tert-OH is 1. The molecule has 0 spiro atoms. The van der Waals surface area contributed by atoms with E-state index in [9.17, 15) is 0 Å². The first-order chi connectivity index (χ1) is 5.65. The Morgan fingerprint density at radius 3 is 2.54 bits per heavy atom. The molecule has 0 aliphatic rings. The van der Waals surface area contributed by atoms with Gasteiger partial charge in [-0.1, -0.05) is 23.8 Å². The van der Waals surface area contributed by atoms with Gasteiger partial charge in [-0.2, -0.15) is 0 Å². The molecule has 0 bridgehead atoms. The van der Waals surface area contributed by atoms with E-state index in [1.165, 1.54) is 5.56 Å². The zero-order valence-corrected chi connectivity index (χ0v) is 8.77. The molecule has 0 amide bonds. The van der Waals surface area contributed by atoms with Gasteiger partial charge in [-0.15, -0.1) is 12.4 Å². The first-order valence-electron chi connectivity index (χ1n) is 4.08. The summed E-state index contributed by atoms with van der Waals surface area (Å²) in [6.45, 7) is 4.03. The van der Waals surface area contributed by atoms with E-state index in [0.717, 1.165) is 11.1 Å². The van der Waals surface area contributed by atoms with E-state index in [1.54, 1.807) is 0 Å². The molecule has 2 nitrogen and oxygen atoms in total. The summed E-state index contributed by atoms with van der Waals surface area (Å²) < 4.78 is 0. The second-order valence-corrected chi connectivity index (χ2v) is 3.15. The molecule has 1 rings (SSSR count). The Balaban J connectivity index is 0.00000144. The van der Waals surface area contributed by atoms with Gasteiger partial charge in [0.1, 0.15) is 0 Å². The molecule has 0 aromatic heterocycles. The van der Waals surface area contributed by atoms with Gasteiger partial charge in [0.15, 0.2) is 0 Å². The van der Waals surface area contributed by atoms with Crippen molar-refractivity contribution in [3.63, 3.8) is 0 Å². The second-order valence-electron chi connectivity index (χ2n) is 3.15. The molecular formula is C10H16ClNO. The summed E-state index contributed by atoms with van der Waals surface area (Å²) in [5.41, 5.74) is 9.07. The van der Waals surface area contributed by atoms with Gasteiger partial charge in [0.2, 0.25) is 0 Å². The molecule has 0 aliphatic carbocycles. The van der Waals surface area contributed by atoms with Crippen LogP contribution in [-0.4, -0.2) is 11.7 Å². The highest BCUT2D eigenvalue weighted by Gasteiger charge is 2.06. The van der Waals surface area contributed by atoms with Gasteiger partial charge in [0, 0.05) is 0 Å². The molecule has 1 atom stereocenters. The minimum absolute atomic E-state index is 0. The number of benzene rings is 1. The molecule has 0 radical (unpaired) electrons. The molecule has 0 heterocycles. The summed E-state index contributed by atoms with van der Waals surface area (Å²) in [6, 6.07) is 5.85. The molecule has 13 heavy (non-hydrogen) atoms. The van der Waals surface area contributed by atoms with Crippen LogP contribution >= 0.6 is 12.4 Å². The van der Waals surface area contributed by atoms with Gasteiger partial charge in [0.05, 0.1) is 12.6 Å². The zero-order chi connectivity index (χ0) is 9.14. The molecule has 0 saturated carbocycles. The Morgan fingerprint density at radius 1 is 1.38 bits per heavy atom. The number of hydrogen-bond donors (Lipinski definition) is 2. The van der Waals surface area contributed by atoms with Crippen LogP contribution in [0.2, 0.25) is 0 Å². The normalized spacial score (nSPS) is 12.0. The maximum atomic E-state index is 8.88. The Kier molecular flexibility index (Phi) is 4.99. The monoisotopic (exact) mass is 201 g/mol. The van der Waals surface area contributed by atoms with Crippen LogP contribution in [0.1, 0.15) is 22.7 Å². The van der Waals surface area contributed by atoms with Gasteiger partial charge >= 0.3 is 0 Å². The third kappa shape index (κ3) is 2.99. The van der Waals surface area contributed by atoms with Crippen molar-refractivity contribution in [1.82, 2.24) is 0 Å². The molecule has 0 fully saturated rings. The molecule has 0 unspecified atom stereocenters. The van der Waals surface area contributed by atoms with Gasteiger partial charge in [0.25, 0.3) is 0 Å². The van der Waals surface area contributed by atoms with Crippen molar-refractivity contribution in [2.45, 2.75) is 19.9 Å². The predicted octanol–water partition coefficient (Wildman–Crippen LogP) is 1.72. The highest BCUT2D eigenvalue weighted by molar-refractivity contribution is 5.85. The zero-order valence-electron chi connectivity index (χ0n) is 7.95. The fourth-order valence-electron chi connectivity index (χ4n) is 1.26. The van der Waals surface area contributed by atoms with E-state index in [-0.39, 0.29) is 25.1 Å². The van der Waals surface area contributed by atoms with E-state index in [0.29, 0.717) is 0 Å². The maximum Gasteiger partial charge on any atom is 0.0624 e. The molecule has 74 valence electrons. The molecule has 0 saturated heterocycles. The topological polar surface area (TPSA) is 46.2 Å². The maximum absolute atomic E-state index is 8.88. The second kappa shape index (κ2) is 5.22. The molecule has 0 aliphatic heterocycles. The Morgan fingerprint density at radius 2 is 2.00 bits per heavy atom. The van der Waals surface area contributed by atoms with Crippen LogP contribution in [0, 0.1) is 13.8 Å². The van der Waals surface area contributed by atoms with Crippen LogP contribution in [0.3, 0.4) is 0 Å². The van der Waals surface area contributed by atoms with E-state index in [2.05, 4.69) is 0 Å². The van der Waals surface area contributed by atoms with E-state index in [1.807, 2.05) is 32.0 Å². The van der Waals surface area contributed by atoms with Crippen molar-refractivity contribution in [3.05, 3.63) is 34.9 Å². The van der Waals surface area contributed by atoms with Gasteiger partial charge in [-0.3, -0.25) is 0 Å².